The molecule has 2 amide bonds. The summed E-state index contributed by atoms with van der Waals surface area (Å²) in [6.45, 7) is 2.10. The fourth-order valence-electron chi connectivity index (χ4n) is 6.78. The number of piperidine rings is 1. The van der Waals surface area contributed by atoms with Crippen LogP contribution in [0, 0.1) is 17.8 Å². The highest BCUT2D eigenvalue weighted by Crippen LogP contribution is 2.53. The molecule has 2 aliphatic heterocycles. The maximum Gasteiger partial charge on any atom is 0.407 e. The van der Waals surface area contributed by atoms with Crippen LogP contribution in [0.25, 0.3) is 16.6 Å². The van der Waals surface area contributed by atoms with Gasteiger partial charge in [0.25, 0.3) is 0 Å². The van der Waals surface area contributed by atoms with Crippen molar-refractivity contribution in [2.24, 2.45) is 17.8 Å². The van der Waals surface area contributed by atoms with Gasteiger partial charge in [-0.15, -0.1) is 0 Å². The van der Waals surface area contributed by atoms with E-state index in [0.717, 1.165) is 42.5 Å². The van der Waals surface area contributed by atoms with Crippen LogP contribution in [0.2, 0.25) is 0 Å². The van der Waals surface area contributed by atoms with Gasteiger partial charge in [0.1, 0.15) is 11.9 Å². The van der Waals surface area contributed by atoms with Crippen LogP contribution >= 0.6 is 0 Å². The Bertz CT molecular complexity index is 1180. The second-order valence-electron chi connectivity index (χ2n) is 9.99. The van der Waals surface area contributed by atoms with E-state index in [1.165, 1.54) is 24.7 Å². The summed E-state index contributed by atoms with van der Waals surface area (Å²) in [7, 11) is 1.34. The Morgan fingerprint density at radius 2 is 2.18 bits per heavy atom. The monoisotopic (exact) mass is 446 g/mol. The molecule has 7 nitrogen and oxygen atoms in total. The van der Waals surface area contributed by atoms with E-state index >= 15 is 0 Å². The molecule has 0 bridgehead atoms. The molecule has 2 unspecified atom stereocenters. The van der Waals surface area contributed by atoms with Gasteiger partial charge < -0.3 is 19.9 Å². The van der Waals surface area contributed by atoms with Crippen molar-refractivity contribution in [1.29, 1.82) is 0 Å². The predicted molar refractivity (Wildman–Crippen MR) is 125 cm³/mol. The number of fused-ring (bicyclic) bond motifs is 1. The third-order valence-electron chi connectivity index (χ3n) is 8.36. The summed E-state index contributed by atoms with van der Waals surface area (Å²) < 4.78 is 4.82. The summed E-state index contributed by atoms with van der Waals surface area (Å²) in [5.74, 6) is 1.80. The third kappa shape index (κ3) is 3.20. The highest BCUT2D eigenvalue weighted by molar-refractivity contribution is 5.88. The van der Waals surface area contributed by atoms with Gasteiger partial charge in [0.05, 0.1) is 24.2 Å². The first-order chi connectivity index (χ1) is 16.0. The van der Waals surface area contributed by atoms with Crippen LogP contribution in [0.1, 0.15) is 56.5 Å². The number of hydrogen-bond acceptors (Lipinski definition) is 4. The zero-order chi connectivity index (χ0) is 22.7. The fourth-order valence-corrected chi connectivity index (χ4v) is 6.78. The number of amides is 2. The minimum Gasteiger partial charge on any atom is -0.453 e. The summed E-state index contributed by atoms with van der Waals surface area (Å²) in [5.41, 5.74) is 4.42. The molecule has 0 spiro atoms. The Morgan fingerprint density at radius 1 is 1.30 bits per heavy atom. The molecule has 2 aliphatic carbocycles. The van der Waals surface area contributed by atoms with Gasteiger partial charge in [-0.3, -0.25) is 4.79 Å². The van der Waals surface area contributed by atoms with E-state index < -0.39 is 12.1 Å². The molecule has 1 saturated carbocycles. The number of rotatable bonds is 3. The molecule has 1 aromatic carbocycles. The molecule has 2 N–H and O–H groups in total. The van der Waals surface area contributed by atoms with Crippen LogP contribution in [0.4, 0.5) is 4.79 Å². The van der Waals surface area contributed by atoms with Crippen LogP contribution in [-0.2, 0) is 9.53 Å². The lowest BCUT2D eigenvalue weighted by Crippen LogP contribution is -2.63. The summed E-state index contributed by atoms with van der Waals surface area (Å²) in [5, 5.41) is 2.83. The molecule has 6 rings (SSSR count). The number of allylic oxidation sites excluding steroid dienone is 4. The largest absolute Gasteiger partial charge is 0.453 e. The van der Waals surface area contributed by atoms with Gasteiger partial charge in [0, 0.05) is 6.04 Å². The zero-order valence-corrected chi connectivity index (χ0v) is 19.1. The minimum absolute atomic E-state index is 0.00752. The smallest absolute Gasteiger partial charge is 0.407 e. The second kappa shape index (κ2) is 7.75. The number of hydrogen-bond donors (Lipinski definition) is 2. The summed E-state index contributed by atoms with van der Waals surface area (Å²) in [6, 6.07) is 5.94. The van der Waals surface area contributed by atoms with Crippen LogP contribution < -0.4 is 5.32 Å². The van der Waals surface area contributed by atoms with Crippen molar-refractivity contribution in [3.05, 3.63) is 47.8 Å². The van der Waals surface area contributed by atoms with Gasteiger partial charge in [-0.2, -0.15) is 0 Å². The predicted octanol–water partition coefficient (Wildman–Crippen LogP) is 4.34. The lowest BCUT2D eigenvalue weighted by atomic mass is 9.68. The van der Waals surface area contributed by atoms with Crippen LogP contribution in [-0.4, -0.2) is 46.1 Å². The van der Waals surface area contributed by atoms with E-state index in [1.54, 1.807) is 0 Å². The Balaban J connectivity index is 1.36. The maximum atomic E-state index is 13.7. The topological polar surface area (TPSA) is 87.3 Å². The number of nitrogens with one attached hydrogen (secondary N) is 2. The van der Waals surface area contributed by atoms with E-state index in [4.69, 9.17) is 9.72 Å². The number of carbonyl (C=O) groups excluding carboxylic acids is 2. The van der Waals surface area contributed by atoms with Crippen molar-refractivity contribution in [3.8, 4) is 0 Å². The van der Waals surface area contributed by atoms with Gasteiger partial charge >= 0.3 is 6.09 Å². The van der Waals surface area contributed by atoms with Gasteiger partial charge in [0.15, 0.2) is 0 Å². The second-order valence-corrected chi connectivity index (χ2v) is 9.99. The first kappa shape index (κ1) is 20.5. The van der Waals surface area contributed by atoms with Gasteiger partial charge in [-0.25, -0.2) is 9.78 Å². The number of ether oxygens (including phenoxy) is 1. The number of aromatic nitrogens is 2. The van der Waals surface area contributed by atoms with Gasteiger partial charge in [0.2, 0.25) is 5.91 Å². The van der Waals surface area contributed by atoms with E-state index in [0.29, 0.717) is 11.8 Å². The van der Waals surface area contributed by atoms with Crippen molar-refractivity contribution in [1.82, 2.24) is 20.2 Å². The molecule has 172 valence electrons. The number of alkyl carbamates (subject to hydrolysis) is 1. The van der Waals surface area contributed by atoms with Gasteiger partial charge in [-0.1, -0.05) is 37.6 Å². The summed E-state index contributed by atoms with van der Waals surface area (Å²) in [4.78, 5) is 36.3. The molecule has 7 heteroatoms. The zero-order valence-electron chi connectivity index (χ0n) is 19.1. The Morgan fingerprint density at radius 3 is 2.97 bits per heavy atom. The average molecular weight is 447 g/mol. The number of benzene rings is 1. The molecule has 2 saturated heterocycles. The Kier molecular flexibility index (Phi) is 4.82. The number of imidazole rings is 1. The highest BCUT2D eigenvalue weighted by Gasteiger charge is 2.57. The number of aromatic amines is 1. The number of carbonyl (C=O) groups is 2. The Hall–Kier alpha value is -3.09. The number of H-pyrrole nitrogens is 1. The highest BCUT2D eigenvalue weighted by atomic mass is 16.5. The third-order valence-corrected chi connectivity index (χ3v) is 8.36. The standard InChI is InChI=1S/C26H30N4O3/c1-14-18-9-5-8-17-13-21(30(23(17)18)25(31)22(14)29-26(32)33-2)24-27-19-11-10-16(12-20(19)28-24)15-6-3-4-7-15/h3-4,6,10-12,14,17-18,21-23H,5,7-9,13H2,1-2H3,(H,27,28)(H,29,32)/t14?,17-,18?,21-,22-,23+/m0/s1. The average Bonchev–Trinajstić information content (AvgIpc) is 3.57. The minimum atomic E-state index is -0.559. The number of nitrogens with zero attached hydrogens (tertiary/aromatic N) is 2. The van der Waals surface area contributed by atoms with Crippen LogP contribution in [0.5, 0.6) is 0 Å². The van der Waals surface area contributed by atoms with Crippen molar-refractivity contribution in [2.75, 3.05) is 7.11 Å². The molecule has 3 heterocycles. The molecule has 4 aliphatic rings. The van der Waals surface area contributed by atoms with E-state index in [-0.39, 0.29) is 23.9 Å². The van der Waals surface area contributed by atoms with E-state index in [9.17, 15) is 9.59 Å². The molecule has 0 radical (unpaired) electrons. The molecule has 3 fully saturated rings. The number of methoxy groups -OCH3 is 1. The maximum absolute atomic E-state index is 13.7. The quantitative estimate of drug-likeness (QED) is 0.734. The lowest BCUT2D eigenvalue weighted by Gasteiger charge is -2.49. The fraction of sp³-hybridized carbons (Fsp3) is 0.500. The summed E-state index contributed by atoms with van der Waals surface area (Å²) in [6.07, 6.45) is 11.1. The molecule has 1 aromatic heterocycles. The van der Waals surface area contributed by atoms with Crippen LogP contribution in [0.3, 0.4) is 0 Å². The first-order valence-corrected chi connectivity index (χ1v) is 12.1. The lowest BCUT2D eigenvalue weighted by molar-refractivity contribution is -0.148. The molecule has 2 aromatic rings. The normalized spacial score (nSPS) is 32.7. The molecule has 33 heavy (non-hydrogen) atoms. The van der Waals surface area contributed by atoms with Crippen molar-refractivity contribution in [2.45, 2.75) is 57.2 Å². The van der Waals surface area contributed by atoms with Crippen molar-refractivity contribution < 1.29 is 14.3 Å². The first-order valence-electron chi connectivity index (χ1n) is 12.1. The van der Waals surface area contributed by atoms with E-state index in [1.807, 2.05) is 0 Å². The molecular formula is C26H30N4O3. The summed E-state index contributed by atoms with van der Waals surface area (Å²) >= 11 is 0. The van der Waals surface area contributed by atoms with E-state index in [2.05, 4.69) is 58.6 Å². The van der Waals surface area contributed by atoms with Gasteiger partial charge in [-0.05, 0) is 66.7 Å². The SMILES string of the molecule is COC(=O)N[C@@H]1C(=O)N2[C@H](c3nc4cc(C5=CC=CC5)ccc4[nH]3)C[C@@H]3CCCC(C1C)[C@@H]32. The van der Waals surface area contributed by atoms with Crippen LogP contribution in [0.15, 0.2) is 36.4 Å². The van der Waals surface area contributed by atoms with Crippen molar-refractivity contribution in [3.63, 3.8) is 0 Å². The molecular weight excluding hydrogens is 416 g/mol. The Labute approximate surface area is 193 Å². The van der Waals surface area contributed by atoms with Crippen molar-refractivity contribution >= 4 is 28.6 Å². The molecule has 6 atom stereocenters.